The quantitative estimate of drug-likeness (QED) is 0.673. The van der Waals surface area contributed by atoms with E-state index >= 15 is 0 Å². The Bertz CT molecular complexity index is 407. The highest BCUT2D eigenvalue weighted by Crippen LogP contribution is 2.22. The predicted octanol–water partition coefficient (Wildman–Crippen LogP) is 5.27. The molecule has 1 N–H and O–H groups in total. The fraction of sp³-hybridized carbons (Fsp3) is 0.600. The average Bonchev–Trinajstić information content (AvgIpc) is 2.49. The van der Waals surface area contributed by atoms with E-state index in [1.165, 1.54) is 63.4 Å². The SMILES string of the molecule is CCCNC(CCc1ccccc1)/C1=C/CCCCCC1. The van der Waals surface area contributed by atoms with Gasteiger partial charge in [-0.25, -0.2) is 0 Å². The normalized spacial score (nSPS) is 20.1. The molecule has 1 unspecified atom stereocenters. The van der Waals surface area contributed by atoms with Crippen molar-refractivity contribution in [2.75, 3.05) is 6.54 Å². The van der Waals surface area contributed by atoms with Crippen LogP contribution in [0.3, 0.4) is 0 Å². The summed E-state index contributed by atoms with van der Waals surface area (Å²) in [7, 11) is 0. The van der Waals surface area contributed by atoms with Crippen molar-refractivity contribution in [3.05, 3.63) is 47.5 Å². The first kappa shape index (κ1) is 16.3. The van der Waals surface area contributed by atoms with Crippen molar-refractivity contribution in [3.63, 3.8) is 0 Å². The minimum atomic E-state index is 0.586. The number of benzene rings is 1. The Morgan fingerprint density at radius 3 is 2.67 bits per heavy atom. The van der Waals surface area contributed by atoms with Gasteiger partial charge in [0.1, 0.15) is 0 Å². The molecule has 1 aromatic rings. The molecule has 116 valence electrons. The molecule has 1 atom stereocenters. The van der Waals surface area contributed by atoms with Crippen molar-refractivity contribution >= 4 is 0 Å². The van der Waals surface area contributed by atoms with Gasteiger partial charge in [0.05, 0.1) is 0 Å². The average molecular weight is 285 g/mol. The van der Waals surface area contributed by atoms with E-state index in [2.05, 4.69) is 48.6 Å². The van der Waals surface area contributed by atoms with Crippen LogP contribution >= 0.6 is 0 Å². The van der Waals surface area contributed by atoms with Gasteiger partial charge in [0.2, 0.25) is 0 Å². The number of allylic oxidation sites excluding steroid dienone is 1. The molecule has 1 aliphatic rings. The highest BCUT2D eigenvalue weighted by molar-refractivity contribution is 5.17. The Morgan fingerprint density at radius 1 is 1.05 bits per heavy atom. The van der Waals surface area contributed by atoms with Gasteiger partial charge in [-0.15, -0.1) is 0 Å². The lowest BCUT2D eigenvalue weighted by atomic mass is 9.91. The summed E-state index contributed by atoms with van der Waals surface area (Å²) in [6.07, 6.45) is 14.3. The van der Waals surface area contributed by atoms with Crippen LogP contribution < -0.4 is 5.32 Å². The van der Waals surface area contributed by atoms with Crippen molar-refractivity contribution in [2.45, 2.75) is 70.8 Å². The molecule has 1 nitrogen and oxygen atoms in total. The van der Waals surface area contributed by atoms with E-state index in [1.54, 1.807) is 5.57 Å². The summed E-state index contributed by atoms with van der Waals surface area (Å²) in [4.78, 5) is 0. The fourth-order valence-electron chi connectivity index (χ4n) is 3.23. The van der Waals surface area contributed by atoms with Crippen molar-refractivity contribution in [3.8, 4) is 0 Å². The number of nitrogens with one attached hydrogen (secondary N) is 1. The highest BCUT2D eigenvalue weighted by atomic mass is 14.9. The maximum atomic E-state index is 3.79. The number of hydrogen-bond acceptors (Lipinski definition) is 1. The molecule has 0 spiro atoms. The molecular weight excluding hydrogens is 254 g/mol. The standard InChI is InChI=1S/C20H31N/c1-2-17-21-20(16-15-18-11-7-6-8-12-18)19-13-9-4-3-5-10-14-19/h6-8,11-13,20-21H,2-5,9-10,14-17H2,1H3/b19-13+. The Kier molecular flexibility index (Phi) is 7.59. The van der Waals surface area contributed by atoms with Crippen LogP contribution in [0.1, 0.15) is 63.9 Å². The molecule has 0 saturated carbocycles. The monoisotopic (exact) mass is 285 g/mol. The van der Waals surface area contributed by atoms with Gasteiger partial charge in [0, 0.05) is 6.04 Å². The summed E-state index contributed by atoms with van der Waals surface area (Å²) in [5, 5.41) is 3.79. The molecule has 0 amide bonds. The minimum absolute atomic E-state index is 0.586. The Morgan fingerprint density at radius 2 is 1.86 bits per heavy atom. The largest absolute Gasteiger partial charge is 0.310 e. The molecular formula is C20H31N. The van der Waals surface area contributed by atoms with Crippen LogP contribution in [0.2, 0.25) is 0 Å². The Labute approximate surface area is 130 Å². The smallest absolute Gasteiger partial charge is 0.0282 e. The van der Waals surface area contributed by atoms with Crippen LogP contribution in [-0.4, -0.2) is 12.6 Å². The lowest BCUT2D eigenvalue weighted by Crippen LogP contribution is -2.32. The topological polar surface area (TPSA) is 12.0 Å². The predicted molar refractivity (Wildman–Crippen MR) is 92.6 cm³/mol. The summed E-state index contributed by atoms with van der Waals surface area (Å²) in [5.41, 5.74) is 3.14. The van der Waals surface area contributed by atoms with Crippen LogP contribution in [0.15, 0.2) is 42.0 Å². The van der Waals surface area contributed by atoms with Gasteiger partial charge in [-0.3, -0.25) is 0 Å². The molecule has 1 heteroatoms. The first-order valence-electron chi connectivity index (χ1n) is 8.86. The van der Waals surface area contributed by atoms with Gasteiger partial charge >= 0.3 is 0 Å². The van der Waals surface area contributed by atoms with Crippen molar-refractivity contribution in [2.24, 2.45) is 0 Å². The van der Waals surface area contributed by atoms with Crippen molar-refractivity contribution < 1.29 is 0 Å². The van der Waals surface area contributed by atoms with E-state index in [0.29, 0.717) is 6.04 Å². The Balaban J connectivity index is 1.95. The molecule has 21 heavy (non-hydrogen) atoms. The molecule has 2 rings (SSSR count). The number of hydrogen-bond donors (Lipinski definition) is 1. The molecule has 1 aliphatic carbocycles. The lowest BCUT2D eigenvalue weighted by molar-refractivity contribution is 0.501. The zero-order valence-electron chi connectivity index (χ0n) is 13.6. The third-order valence-electron chi connectivity index (χ3n) is 4.48. The van der Waals surface area contributed by atoms with E-state index in [1.807, 2.05) is 0 Å². The van der Waals surface area contributed by atoms with E-state index in [-0.39, 0.29) is 0 Å². The van der Waals surface area contributed by atoms with Gasteiger partial charge < -0.3 is 5.32 Å². The highest BCUT2D eigenvalue weighted by Gasteiger charge is 2.14. The number of aryl methyl sites for hydroxylation is 1. The van der Waals surface area contributed by atoms with Crippen LogP contribution in [0.4, 0.5) is 0 Å². The first-order chi connectivity index (χ1) is 10.4. The van der Waals surface area contributed by atoms with Crippen LogP contribution in [-0.2, 0) is 6.42 Å². The molecule has 0 radical (unpaired) electrons. The zero-order valence-corrected chi connectivity index (χ0v) is 13.6. The van der Waals surface area contributed by atoms with Crippen LogP contribution in [0, 0.1) is 0 Å². The summed E-state index contributed by atoms with van der Waals surface area (Å²) in [6, 6.07) is 11.5. The van der Waals surface area contributed by atoms with Gasteiger partial charge in [-0.2, -0.15) is 0 Å². The van der Waals surface area contributed by atoms with Crippen LogP contribution in [0.25, 0.3) is 0 Å². The maximum Gasteiger partial charge on any atom is 0.0282 e. The fourth-order valence-corrected chi connectivity index (χ4v) is 3.23. The summed E-state index contributed by atoms with van der Waals surface area (Å²) in [6.45, 7) is 3.39. The second-order valence-electron chi connectivity index (χ2n) is 6.26. The molecule has 0 bridgehead atoms. The third-order valence-corrected chi connectivity index (χ3v) is 4.48. The second kappa shape index (κ2) is 9.78. The summed E-state index contributed by atoms with van der Waals surface area (Å²) in [5.74, 6) is 0. The van der Waals surface area contributed by atoms with Crippen molar-refractivity contribution in [1.29, 1.82) is 0 Å². The van der Waals surface area contributed by atoms with E-state index in [4.69, 9.17) is 0 Å². The lowest BCUT2D eigenvalue weighted by Gasteiger charge is -2.23. The van der Waals surface area contributed by atoms with Crippen molar-refractivity contribution in [1.82, 2.24) is 5.32 Å². The molecule has 0 aromatic heterocycles. The van der Waals surface area contributed by atoms with E-state index < -0.39 is 0 Å². The van der Waals surface area contributed by atoms with Gasteiger partial charge in [-0.05, 0) is 57.1 Å². The molecule has 0 fully saturated rings. The minimum Gasteiger partial charge on any atom is -0.310 e. The molecule has 1 aromatic carbocycles. The first-order valence-corrected chi connectivity index (χ1v) is 8.86. The second-order valence-corrected chi connectivity index (χ2v) is 6.26. The third kappa shape index (κ3) is 6.05. The number of rotatable bonds is 7. The maximum absolute atomic E-state index is 3.79. The van der Waals surface area contributed by atoms with Gasteiger partial charge in [0.15, 0.2) is 0 Å². The van der Waals surface area contributed by atoms with Gasteiger partial charge in [-0.1, -0.05) is 61.7 Å². The van der Waals surface area contributed by atoms with E-state index in [0.717, 1.165) is 6.54 Å². The van der Waals surface area contributed by atoms with Crippen LogP contribution in [0.5, 0.6) is 0 Å². The zero-order chi connectivity index (χ0) is 14.8. The molecule has 0 heterocycles. The molecule has 0 saturated heterocycles. The summed E-state index contributed by atoms with van der Waals surface area (Å²) >= 11 is 0. The van der Waals surface area contributed by atoms with E-state index in [9.17, 15) is 0 Å². The summed E-state index contributed by atoms with van der Waals surface area (Å²) < 4.78 is 0. The molecule has 0 aliphatic heterocycles. The Hall–Kier alpha value is -1.08. The van der Waals surface area contributed by atoms with Gasteiger partial charge in [0.25, 0.3) is 0 Å².